The minimum atomic E-state index is -0.943. The molecule has 1 amide bonds. The Morgan fingerprint density at radius 2 is 1.96 bits per heavy atom. The van der Waals surface area contributed by atoms with Crippen molar-refractivity contribution in [1.29, 1.82) is 0 Å². The summed E-state index contributed by atoms with van der Waals surface area (Å²) in [6.45, 7) is 3.18. The highest BCUT2D eigenvalue weighted by atomic mass is 16.5. The lowest BCUT2D eigenvalue weighted by atomic mass is 9.88. The van der Waals surface area contributed by atoms with E-state index in [1.54, 1.807) is 18.2 Å². The molecule has 1 aliphatic heterocycles. The van der Waals surface area contributed by atoms with Gasteiger partial charge in [0.1, 0.15) is 0 Å². The maximum absolute atomic E-state index is 12.7. The molecule has 0 aliphatic carbocycles. The fourth-order valence-corrected chi connectivity index (χ4v) is 3.46. The number of aryl methyl sites for hydroxylation is 1. The lowest BCUT2D eigenvalue weighted by Gasteiger charge is -2.31. The van der Waals surface area contributed by atoms with Gasteiger partial charge in [0.25, 0.3) is 0 Å². The third-order valence-electron chi connectivity index (χ3n) is 4.95. The summed E-state index contributed by atoms with van der Waals surface area (Å²) < 4.78 is 5.92. The van der Waals surface area contributed by atoms with Gasteiger partial charge < -0.3 is 15.2 Å². The first-order valence-corrected chi connectivity index (χ1v) is 9.33. The second-order valence-corrected chi connectivity index (χ2v) is 7.00. The van der Waals surface area contributed by atoms with Crippen LogP contribution in [0.15, 0.2) is 48.5 Å². The number of ether oxygens (including phenoxy) is 1. The van der Waals surface area contributed by atoms with Crippen LogP contribution in [-0.2, 0) is 16.0 Å². The van der Waals surface area contributed by atoms with Crippen LogP contribution in [-0.4, -0.2) is 30.1 Å². The molecule has 5 heteroatoms. The summed E-state index contributed by atoms with van der Waals surface area (Å²) in [6.07, 6.45) is 2.06. The summed E-state index contributed by atoms with van der Waals surface area (Å²) in [6, 6.07) is 14.9. The van der Waals surface area contributed by atoms with E-state index in [1.807, 2.05) is 37.3 Å². The lowest BCUT2D eigenvalue weighted by Crippen LogP contribution is -2.38. The molecule has 0 aromatic heterocycles. The summed E-state index contributed by atoms with van der Waals surface area (Å²) in [5.41, 5.74) is 3.37. The second kappa shape index (κ2) is 8.82. The van der Waals surface area contributed by atoms with Crippen LogP contribution in [0.2, 0.25) is 0 Å². The number of carbonyl (C=O) groups is 2. The molecule has 0 spiro atoms. The number of rotatable bonds is 6. The molecular formula is C22H25NO4. The van der Waals surface area contributed by atoms with Crippen LogP contribution in [0.25, 0.3) is 0 Å². The Bertz CT molecular complexity index is 800. The normalized spacial score (nSPS) is 19.4. The van der Waals surface area contributed by atoms with Gasteiger partial charge in [-0.2, -0.15) is 0 Å². The Balaban J connectivity index is 1.59. The molecule has 0 radical (unpaired) electrons. The van der Waals surface area contributed by atoms with Crippen molar-refractivity contribution in [1.82, 2.24) is 5.32 Å². The molecule has 2 aromatic carbocycles. The summed E-state index contributed by atoms with van der Waals surface area (Å²) in [7, 11) is 0. The van der Waals surface area contributed by atoms with Gasteiger partial charge >= 0.3 is 5.97 Å². The maximum atomic E-state index is 12.7. The number of hydrogen-bond acceptors (Lipinski definition) is 3. The predicted octanol–water partition coefficient (Wildman–Crippen LogP) is 3.52. The molecule has 0 bridgehead atoms. The molecule has 1 fully saturated rings. The minimum Gasteiger partial charge on any atom is -0.478 e. The molecule has 27 heavy (non-hydrogen) atoms. The van der Waals surface area contributed by atoms with Crippen LogP contribution >= 0.6 is 0 Å². The predicted molar refractivity (Wildman–Crippen MR) is 103 cm³/mol. The highest BCUT2D eigenvalue weighted by Crippen LogP contribution is 2.33. The van der Waals surface area contributed by atoms with E-state index in [0.717, 1.165) is 24.0 Å². The number of benzene rings is 2. The molecule has 0 saturated carbocycles. The van der Waals surface area contributed by atoms with E-state index in [-0.39, 0.29) is 23.5 Å². The summed E-state index contributed by atoms with van der Waals surface area (Å²) in [5, 5.41) is 12.1. The van der Waals surface area contributed by atoms with E-state index < -0.39 is 5.97 Å². The number of aromatic carboxylic acids is 1. The Morgan fingerprint density at radius 1 is 1.19 bits per heavy atom. The largest absolute Gasteiger partial charge is 0.478 e. The fourth-order valence-electron chi connectivity index (χ4n) is 3.46. The molecule has 3 rings (SSSR count). The second-order valence-electron chi connectivity index (χ2n) is 7.00. The maximum Gasteiger partial charge on any atom is 0.335 e. The number of hydrogen-bond donors (Lipinski definition) is 2. The van der Waals surface area contributed by atoms with E-state index in [2.05, 4.69) is 5.32 Å². The van der Waals surface area contributed by atoms with E-state index in [0.29, 0.717) is 19.6 Å². The Morgan fingerprint density at radius 3 is 2.70 bits per heavy atom. The van der Waals surface area contributed by atoms with Gasteiger partial charge in [0.15, 0.2) is 0 Å². The van der Waals surface area contributed by atoms with Crippen molar-refractivity contribution in [2.75, 3.05) is 13.2 Å². The standard InChI is InChI=1S/C22H25NO4/c1-15-7-9-17(10-8-15)20-19(6-3-13-27-20)21(24)23-12-11-16-4-2-5-18(14-16)22(25)26/h2,4-5,7-10,14,19-20H,3,6,11-13H2,1H3,(H,23,24)(H,25,26). The van der Waals surface area contributed by atoms with Gasteiger partial charge in [-0.3, -0.25) is 4.79 Å². The van der Waals surface area contributed by atoms with Crippen LogP contribution in [0, 0.1) is 12.8 Å². The van der Waals surface area contributed by atoms with Crippen molar-refractivity contribution in [3.05, 3.63) is 70.8 Å². The Kier molecular flexibility index (Phi) is 6.24. The first-order valence-electron chi connectivity index (χ1n) is 9.33. The zero-order valence-corrected chi connectivity index (χ0v) is 15.5. The molecular weight excluding hydrogens is 342 g/mol. The smallest absolute Gasteiger partial charge is 0.335 e. The van der Waals surface area contributed by atoms with Crippen molar-refractivity contribution in [2.45, 2.75) is 32.3 Å². The third kappa shape index (κ3) is 4.95. The molecule has 2 atom stereocenters. The third-order valence-corrected chi connectivity index (χ3v) is 4.95. The van der Waals surface area contributed by atoms with E-state index in [1.165, 1.54) is 5.56 Å². The van der Waals surface area contributed by atoms with E-state index in [4.69, 9.17) is 9.84 Å². The van der Waals surface area contributed by atoms with Gasteiger partial charge in [-0.05, 0) is 49.4 Å². The number of amides is 1. The van der Waals surface area contributed by atoms with Crippen LogP contribution < -0.4 is 5.32 Å². The summed E-state index contributed by atoms with van der Waals surface area (Å²) >= 11 is 0. The minimum absolute atomic E-state index is 0.00494. The van der Waals surface area contributed by atoms with Crippen LogP contribution in [0.1, 0.15) is 46.0 Å². The monoisotopic (exact) mass is 367 g/mol. The molecule has 2 N–H and O–H groups in total. The van der Waals surface area contributed by atoms with Crippen LogP contribution in [0.4, 0.5) is 0 Å². The molecule has 1 saturated heterocycles. The van der Waals surface area contributed by atoms with Crippen LogP contribution in [0.5, 0.6) is 0 Å². The zero-order chi connectivity index (χ0) is 19.2. The first-order chi connectivity index (χ1) is 13.0. The van der Waals surface area contributed by atoms with Crippen molar-refractivity contribution in [3.8, 4) is 0 Å². The number of carboxylic acid groups (broad SMARTS) is 1. The topological polar surface area (TPSA) is 75.6 Å². The van der Waals surface area contributed by atoms with Crippen molar-refractivity contribution in [2.24, 2.45) is 5.92 Å². The van der Waals surface area contributed by atoms with E-state index in [9.17, 15) is 9.59 Å². The molecule has 5 nitrogen and oxygen atoms in total. The summed E-state index contributed by atoms with van der Waals surface area (Å²) in [5.74, 6) is -1.15. The zero-order valence-electron chi connectivity index (χ0n) is 15.5. The Labute approximate surface area is 159 Å². The quantitative estimate of drug-likeness (QED) is 0.819. The van der Waals surface area contributed by atoms with Gasteiger partial charge in [-0.1, -0.05) is 42.0 Å². The SMILES string of the molecule is Cc1ccc(C2OCCCC2C(=O)NCCc2cccc(C(=O)O)c2)cc1. The summed E-state index contributed by atoms with van der Waals surface area (Å²) in [4.78, 5) is 23.8. The van der Waals surface area contributed by atoms with Gasteiger partial charge in [0.2, 0.25) is 5.91 Å². The number of nitrogens with one attached hydrogen (secondary N) is 1. The first kappa shape index (κ1) is 19.1. The van der Waals surface area contributed by atoms with Crippen molar-refractivity contribution in [3.63, 3.8) is 0 Å². The molecule has 142 valence electrons. The molecule has 2 aromatic rings. The van der Waals surface area contributed by atoms with Gasteiger partial charge in [-0.25, -0.2) is 4.79 Å². The van der Waals surface area contributed by atoms with Crippen LogP contribution in [0.3, 0.4) is 0 Å². The van der Waals surface area contributed by atoms with E-state index >= 15 is 0 Å². The highest BCUT2D eigenvalue weighted by molar-refractivity contribution is 5.87. The molecule has 2 unspecified atom stereocenters. The average Bonchev–Trinajstić information content (AvgIpc) is 2.69. The van der Waals surface area contributed by atoms with Gasteiger partial charge in [-0.15, -0.1) is 0 Å². The van der Waals surface area contributed by atoms with Crippen molar-refractivity contribution < 1.29 is 19.4 Å². The lowest BCUT2D eigenvalue weighted by molar-refractivity contribution is -0.134. The number of carboxylic acids is 1. The average molecular weight is 367 g/mol. The number of carbonyl (C=O) groups excluding carboxylic acids is 1. The fraction of sp³-hybridized carbons (Fsp3) is 0.364. The molecule has 1 aliphatic rings. The van der Waals surface area contributed by atoms with Gasteiger partial charge in [0, 0.05) is 13.2 Å². The van der Waals surface area contributed by atoms with Gasteiger partial charge in [0.05, 0.1) is 17.6 Å². The Hall–Kier alpha value is -2.66. The highest BCUT2D eigenvalue weighted by Gasteiger charge is 2.32. The van der Waals surface area contributed by atoms with Crippen molar-refractivity contribution >= 4 is 11.9 Å². The molecule has 1 heterocycles.